The normalized spacial score (nSPS) is 18.0. The van der Waals surface area contributed by atoms with E-state index in [1.807, 2.05) is 11.4 Å². The number of nitrogens with zero attached hydrogens (tertiary/aromatic N) is 5. The minimum atomic E-state index is 0.105. The van der Waals surface area contributed by atoms with Crippen molar-refractivity contribution >= 4 is 51.0 Å². The van der Waals surface area contributed by atoms with Crippen molar-refractivity contribution in [3.05, 3.63) is 33.3 Å². The summed E-state index contributed by atoms with van der Waals surface area (Å²) in [4.78, 5) is 29.4. The molecule has 126 valence electrons. The van der Waals surface area contributed by atoms with Gasteiger partial charge in [0.25, 0.3) is 4.74 Å². The Bertz CT molecular complexity index is 817. The van der Waals surface area contributed by atoms with Gasteiger partial charge in [-0.25, -0.2) is 4.98 Å². The summed E-state index contributed by atoms with van der Waals surface area (Å²) in [6.45, 7) is 8.95. The summed E-state index contributed by atoms with van der Waals surface area (Å²) in [6, 6.07) is 1.91. The molecule has 1 unspecified atom stereocenters. The summed E-state index contributed by atoms with van der Waals surface area (Å²) in [7, 11) is 0. The fourth-order valence-corrected chi connectivity index (χ4v) is 4.34. The summed E-state index contributed by atoms with van der Waals surface area (Å²) < 4.78 is 0.862. The van der Waals surface area contributed by atoms with Gasteiger partial charge in [-0.2, -0.15) is 0 Å². The van der Waals surface area contributed by atoms with Gasteiger partial charge >= 0.3 is 0 Å². The number of aliphatic imine (C=N–C) groups is 2. The van der Waals surface area contributed by atoms with Crippen LogP contribution in [0.3, 0.4) is 0 Å². The molecule has 0 radical (unpaired) electrons. The van der Waals surface area contributed by atoms with E-state index < -0.39 is 0 Å². The van der Waals surface area contributed by atoms with E-state index in [0.717, 1.165) is 41.5 Å². The first-order chi connectivity index (χ1) is 11.7. The lowest BCUT2D eigenvalue weighted by molar-refractivity contribution is 0.203. The van der Waals surface area contributed by atoms with Gasteiger partial charge in [-0.3, -0.25) is 19.7 Å². The highest BCUT2D eigenvalue weighted by Crippen LogP contribution is 2.23. The molecule has 1 aliphatic heterocycles. The SMILES string of the molecule is C=N/C=C\C=N/C(C)N1CCN(c2nc3ccsc3c(=O)s2)CC1. The van der Waals surface area contributed by atoms with Crippen LogP contribution >= 0.6 is 22.7 Å². The van der Waals surface area contributed by atoms with E-state index in [9.17, 15) is 4.79 Å². The van der Waals surface area contributed by atoms with Crippen molar-refractivity contribution in [3.63, 3.8) is 0 Å². The fraction of sp³-hybridized carbons (Fsp3) is 0.375. The molecule has 0 saturated carbocycles. The van der Waals surface area contributed by atoms with Crippen LogP contribution in [0.25, 0.3) is 10.2 Å². The number of thiophene rings is 1. The lowest BCUT2D eigenvalue weighted by Crippen LogP contribution is -2.49. The van der Waals surface area contributed by atoms with Gasteiger partial charge in [0.1, 0.15) is 4.70 Å². The van der Waals surface area contributed by atoms with Crippen molar-refractivity contribution in [2.24, 2.45) is 9.98 Å². The predicted molar refractivity (Wildman–Crippen MR) is 104 cm³/mol. The van der Waals surface area contributed by atoms with Crippen LogP contribution in [0.15, 0.2) is 38.5 Å². The van der Waals surface area contributed by atoms with Crippen LogP contribution in [-0.2, 0) is 0 Å². The van der Waals surface area contributed by atoms with Gasteiger partial charge in [0.2, 0.25) is 0 Å². The first-order valence-corrected chi connectivity index (χ1v) is 9.40. The molecule has 0 spiro atoms. The van der Waals surface area contributed by atoms with Gasteiger partial charge < -0.3 is 4.90 Å². The number of piperazine rings is 1. The molecule has 2 aromatic heterocycles. The van der Waals surface area contributed by atoms with Gasteiger partial charge in [0.05, 0.1) is 11.7 Å². The van der Waals surface area contributed by atoms with E-state index in [-0.39, 0.29) is 10.9 Å². The minimum absolute atomic E-state index is 0.105. The van der Waals surface area contributed by atoms with Crippen molar-refractivity contribution in [2.45, 2.75) is 13.1 Å². The predicted octanol–water partition coefficient (Wildman–Crippen LogP) is 2.47. The van der Waals surface area contributed by atoms with Gasteiger partial charge in [-0.05, 0) is 31.2 Å². The molecule has 0 aromatic carbocycles. The summed E-state index contributed by atoms with van der Waals surface area (Å²) in [5.74, 6) is 0. The molecular formula is C16H19N5OS2. The van der Waals surface area contributed by atoms with E-state index in [2.05, 4.69) is 38.4 Å². The van der Waals surface area contributed by atoms with Crippen LogP contribution < -0.4 is 9.64 Å². The molecule has 0 N–H and O–H groups in total. The number of allylic oxidation sites excluding steroid dienone is 1. The number of rotatable bonds is 5. The lowest BCUT2D eigenvalue weighted by Gasteiger charge is -2.36. The summed E-state index contributed by atoms with van der Waals surface area (Å²) in [6.07, 6.45) is 5.26. The Hall–Kier alpha value is -1.90. The maximum absolute atomic E-state index is 12.2. The Balaban J connectivity index is 1.63. The van der Waals surface area contributed by atoms with Crippen molar-refractivity contribution in [1.82, 2.24) is 9.88 Å². The maximum atomic E-state index is 12.2. The molecule has 6 nitrogen and oxygen atoms in total. The topological polar surface area (TPSA) is 61.2 Å². The molecule has 1 aliphatic rings. The van der Waals surface area contributed by atoms with Gasteiger partial charge in [0.15, 0.2) is 5.13 Å². The third-order valence-corrected chi connectivity index (χ3v) is 5.88. The Morgan fingerprint density at radius 2 is 2.17 bits per heavy atom. The average Bonchev–Trinajstić information content (AvgIpc) is 3.08. The van der Waals surface area contributed by atoms with E-state index in [1.165, 1.54) is 22.7 Å². The van der Waals surface area contributed by atoms with Crippen molar-refractivity contribution < 1.29 is 0 Å². The second-order valence-electron chi connectivity index (χ2n) is 5.40. The smallest absolute Gasteiger partial charge is 0.255 e. The van der Waals surface area contributed by atoms with Crippen LogP contribution in [0.4, 0.5) is 5.13 Å². The number of anilines is 1. The molecule has 0 amide bonds. The average molecular weight is 361 g/mol. The fourth-order valence-electron chi connectivity index (χ4n) is 2.59. The quantitative estimate of drug-likeness (QED) is 0.768. The molecule has 24 heavy (non-hydrogen) atoms. The standard InChI is InChI=1S/C16H19N5OS2/c1-12(18-6-3-5-17-2)20-7-9-21(10-8-20)16-19-13-4-11-23-14(13)15(22)24-16/h3-6,11-12H,2,7-10H2,1H3/b5-3-,18-6-. The summed E-state index contributed by atoms with van der Waals surface area (Å²) in [5.41, 5.74) is 0.807. The number of hydrogen-bond acceptors (Lipinski definition) is 8. The number of hydrogen-bond donors (Lipinski definition) is 0. The van der Waals surface area contributed by atoms with Gasteiger partial charge in [-0.15, -0.1) is 11.3 Å². The number of fused-ring (bicyclic) bond motifs is 1. The molecule has 1 atom stereocenters. The molecule has 0 bridgehead atoms. The molecule has 1 fully saturated rings. The molecule has 2 aromatic rings. The summed E-state index contributed by atoms with van der Waals surface area (Å²) in [5, 5.41) is 2.74. The monoisotopic (exact) mass is 361 g/mol. The van der Waals surface area contributed by atoms with Crippen molar-refractivity contribution in [3.8, 4) is 0 Å². The maximum Gasteiger partial charge on any atom is 0.255 e. The first kappa shape index (κ1) is 16.9. The van der Waals surface area contributed by atoms with Gasteiger partial charge in [0, 0.05) is 38.6 Å². The van der Waals surface area contributed by atoms with Crippen LogP contribution in [0, 0.1) is 0 Å². The Morgan fingerprint density at radius 1 is 1.38 bits per heavy atom. The minimum Gasteiger partial charge on any atom is -0.345 e. The zero-order chi connectivity index (χ0) is 16.9. The zero-order valence-electron chi connectivity index (χ0n) is 13.5. The highest BCUT2D eigenvalue weighted by molar-refractivity contribution is 7.21. The highest BCUT2D eigenvalue weighted by atomic mass is 32.1. The Morgan fingerprint density at radius 3 is 2.92 bits per heavy atom. The largest absolute Gasteiger partial charge is 0.345 e. The van der Waals surface area contributed by atoms with Crippen LogP contribution in [-0.4, -0.2) is 55.2 Å². The van der Waals surface area contributed by atoms with E-state index in [0.29, 0.717) is 0 Å². The molecule has 3 rings (SSSR count). The van der Waals surface area contributed by atoms with Crippen molar-refractivity contribution in [2.75, 3.05) is 31.1 Å². The van der Waals surface area contributed by atoms with E-state index in [4.69, 9.17) is 0 Å². The van der Waals surface area contributed by atoms with E-state index in [1.54, 1.807) is 18.5 Å². The highest BCUT2D eigenvalue weighted by Gasteiger charge is 2.22. The molecule has 8 heteroatoms. The lowest BCUT2D eigenvalue weighted by atomic mass is 10.3. The third kappa shape index (κ3) is 3.77. The van der Waals surface area contributed by atoms with Crippen LogP contribution in [0.2, 0.25) is 0 Å². The molecule has 1 saturated heterocycles. The molecular weight excluding hydrogens is 342 g/mol. The van der Waals surface area contributed by atoms with Crippen LogP contribution in [0.1, 0.15) is 6.92 Å². The Labute approximate surface area is 148 Å². The second kappa shape index (κ2) is 7.78. The number of aromatic nitrogens is 1. The molecule has 0 aliphatic carbocycles. The van der Waals surface area contributed by atoms with E-state index >= 15 is 0 Å². The zero-order valence-corrected chi connectivity index (χ0v) is 15.1. The van der Waals surface area contributed by atoms with Gasteiger partial charge in [-0.1, -0.05) is 11.3 Å². The molecule has 3 heterocycles. The van der Waals surface area contributed by atoms with Crippen molar-refractivity contribution in [1.29, 1.82) is 0 Å². The third-order valence-electron chi connectivity index (χ3n) is 3.92. The first-order valence-electron chi connectivity index (χ1n) is 7.70. The second-order valence-corrected chi connectivity index (χ2v) is 7.25. The Kier molecular flexibility index (Phi) is 5.49. The summed E-state index contributed by atoms with van der Waals surface area (Å²) >= 11 is 2.70. The van der Waals surface area contributed by atoms with Crippen LogP contribution in [0.5, 0.6) is 0 Å².